The molecule has 0 unspecified atom stereocenters. The molecule has 0 radical (unpaired) electrons. The lowest BCUT2D eigenvalue weighted by Gasteiger charge is -2.23. The fourth-order valence-corrected chi connectivity index (χ4v) is 3.47. The molecule has 0 bridgehead atoms. The summed E-state index contributed by atoms with van der Waals surface area (Å²) < 4.78 is 26.1. The van der Waals surface area contributed by atoms with Gasteiger partial charge in [-0.25, -0.2) is 8.42 Å². The number of hydrogen-bond donors (Lipinski definition) is 0. The van der Waals surface area contributed by atoms with Gasteiger partial charge >= 0.3 is 0 Å². The van der Waals surface area contributed by atoms with Crippen molar-refractivity contribution in [3.05, 3.63) is 30.3 Å². The van der Waals surface area contributed by atoms with Gasteiger partial charge in [-0.1, -0.05) is 32.0 Å². The van der Waals surface area contributed by atoms with Crippen LogP contribution in [-0.2, 0) is 10.0 Å². The van der Waals surface area contributed by atoms with Crippen molar-refractivity contribution in [3.63, 3.8) is 0 Å². The topological polar surface area (TPSA) is 61.2 Å². The molecule has 0 aliphatic carbocycles. The van der Waals surface area contributed by atoms with Gasteiger partial charge in [-0.05, 0) is 24.5 Å². The molecule has 0 aliphatic heterocycles. The van der Waals surface area contributed by atoms with E-state index in [4.69, 9.17) is 5.26 Å². The van der Waals surface area contributed by atoms with E-state index in [0.717, 1.165) is 0 Å². The molecule has 0 fully saturated rings. The van der Waals surface area contributed by atoms with Gasteiger partial charge in [0.15, 0.2) is 0 Å². The molecule has 4 nitrogen and oxygen atoms in total. The Kier molecular flexibility index (Phi) is 5.84. The van der Waals surface area contributed by atoms with E-state index in [1.54, 1.807) is 24.3 Å². The Hall–Kier alpha value is -1.54. The standard InChI is InChI=1S/C14H20N2O2S/c1-13(2)9-12-19(17,18)16(11-6-10-15)14-7-4-3-5-8-14/h3-5,7-8,13H,6,9,11-12H2,1-2H3. The van der Waals surface area contributed by atoms with Gasteiger partial charge in [0.1, 0.15) is 0 Å². The number of rotatable bonds is 7. The van der Waals surface area contributed by atoms with Crippen LogP contribution in [0.5, 0.6) is 0 Å². The molecule has 0 saturated heterocycles. The van der Waals surface area contributed by atoms with Crippen molar-refractivity contribution in [1.82, 2.24) is 0 Å². The largest absolute Gasteiger partial charge is 0.269 e. The molecule has 19 heavy (non-hydrogen) atoms. The highest BCUT2D eigenvalue weighted by Crippen LogP contribution is 2.19. The van der Waals surface area contributed by atoms with Gasteiger partial charge < -0.3 is 0 Å². The molecule has 104 valence electrons. The highest BCUT2D eigenvalue weighted by Gasteiger charge is 2.22. The minimum absolute atomic E-state index is 0.116. The number of nitriles is 1. The molecule has 1 aromatic carbocycles. The second-order valence-electron chi connectivity index (χ2n) is 4.81. The van der Waals surface area contributed by atoms with Crippen molar-refractivity contribution in [3.8, 4) is 6.07 Å². The Bertz CT molecular complexity index is 518. The number of anilines is 1. The summed E-state index contributed by atoms with van der Waals surface area (Å²) in [5, 5.41) is 8.67. The monoisotopic (exact) mass is 280 g/mol. The van der Waals surface area contributed by atoms with E-state index in [9.17, 15) is 8.42 Å². The van der Waals surface area contributed by atoms with Gasteiger partial charge in [0, 0.05) is 6.54 Å². The predicted octanol–water partition coefficient (Wildman–Crippen LogP) is 2.78. The molecule has 5 heteroatoms. The van der Waals surface area contributed by atoms with E-state index in [1.165, 1.54) is 4.31 Å². The lowest BCUT2D eigenvalue weighted by Crippen LogP contribution is -2.34. The van der Waals surface area contributed by atoms with Crippen LogP contribution in [-0.4, -0.2) is 20.7 Å². The van der Waals surface area contributed by atoms with E-state index >= 15 is 0 Å². The van der Waals surface area contributed by atoms with E-state index < -0.39 is 10.0 Å². The van der Waals surface area contributed by atoms with Crippen LogP contribution in [0, 0.1) is 17.2 Å². The van der Waals surface area contributed by atoms with Gasteiger partial charge in [-0.3, -0.25) is 4.31 Å². The molecule has 0 atom stereocenters. The molecule has 0 aromatic heterocycles. The van der Waals surface area contributed by atoms with E-state index in [-0.39, 0.29) is 18.7 Å². The van der Waals surface area contributed by atoms with Crippen LogP contribution in [0.2, 0.25) is 0 Å². The summed E-state index contributed by atoms with van der Waals surface area (Å²) in [6.07, 6.45) is 0.814. The molecule has 0 spiro atoms. The first-order valence-electron chi connectivity index (χ1n) is 6.40. The predicted molar refractivity (Wildman–Crippen MR) is 77.3 cm³/mol. The lowest BCUT2D eigenvalue weighted by molar-refractivity contribution is 0.569. The Morgan fingerprint density at radius 3 is 2.42 bits per heavy atom. The van der Waals surface area contributed by atoms with Crippen molar-refractivity contribution in [2.24, 2.45) is 5.92 Å². The van der Waals surface area contributed by atoms with Gasteiger partial charge in [-0.2, -0.15) is 5.26 Å². The molecule has 0 amide bonds. The fourth-order valence-electron chi connectivity index (χ4n) is 1.67. The highest BCUT2D eigenvalue weighted by molar-refractivity contribution is 7.92. The van der Waals surface area contributed by atoms with Crippen LogP contribution in [0.25, 0.3) is 0 Å². The van der Waals surface area contributed by atoms with Crippen molar-refractivity contribution in [2.45, 2.75) is 26.7 Å². The van der Waals surface area contributed by atoms with Crippen molar-refractivity contribution >= 4 is 15.7 Å². The number of para-hydroxylation sites is 1. The normalized spacial score (nSPS) is 11.3. The first kappa shape index (κ1) is 15.5. The van der Waals surface area contributed by atoms with Gasteiger partial charge in [0.05, 0.1) is 23.9 Å². The number of sulfonamides is 1. The zero-order valence-electron chi connectivity index (χ0n) is 11.4. The van der Waals surface area contributed by atoms with Gasteiger partial charge in [-0.15, -0.1) is 0 Å². The summed E-state index contributed by atoms with van der Waals surface area (Å²) in [7, 11) is -3.36. The molecule has 0 heterocycles. The third-order valence-corrected chi connectivity index (χ3v) is 4.58. The molecule has 0 aliphatic rings. The van der Waals surface area contributed by atoms with Crippen LogP contribution >= 0.6 is 0 Å². The third-order valence-electron chi connectivity index (χ3n) is 2.76. The maximum Gasteiger partial charge on any atom is 0.235 e. The maximum absolute atomic E-state index is 12.4. The third kappa shape index (κ3) is 4.92. The zero-order chi connectivity index (χ0) is 14.3. The van der Waals surface area contributed by atoms with Crippen molar-refractivity contribution < 1.29 is 8.42 Å². The van der Waals surface area contributed by atoms with Crippen molar-refractivity contribution in [2.75, 3.05) is 16.6 Å². The Morgan fingerprint density at radius 2 is 1.89 bits per heavy atom. The van der Waals surface area contributed by atoms with Crippen LogP contribution in [0.15, 0.2) is 30.3 Å². The highest BCUT2D eigenvalue weighted by atomic mass is 32.2. The first-order chi connectivity index (χ1) is 8.97. The van der Waals surface area contributed by atoms with Crippen molar-refractivity contribution in [1.29, 1.82) is 5.26 Å². The second-order valence-corrected chi connectivity index (χ2v) is 6.83. The van der Waals surface area contributed by atoms with Crippen LogP contribution < -0.4 is 4.31 Å². The Labute approximate surface area is 115 Å². The van der Waals surface area contributed by atoms with Gasteiger partial charge in [0.25, 0.3) is 0 Å². The first-order valence-corrected chi connectivity index (χ1v) is 8.00. The van der Waals surface area contributed by atoms with E-state index in [2.05, 4.69) is 0 Å². The maximum atomic E-state index is 12.4. The molecular formula is C14H20N2O2S. The van der Waals surface area contributed by atoms with Crippen LogP contribution in [0.1, 0.15) is 26.7 Å². The summed E-state index contributed by atoms with van der Waals surface area (Å²) >= 11 is 0. The Balaban J connectivity index is 2.94. The molecule has 0 saturated carbocycles. The number of nitrogens with zero attached hydrogens (tertiary/aromatic N) is 2. The van der Waals surface area contributed by atoms with Crippen LogP contribution in [0.3, 0.4) is 0 Å². The Morgan fingerprint density at radius 1 is 1.26 bits per heavy atom. The molecular weight excluding hydrogens is 260 g/mol. The fraction of sp³-hybridized carbons (Fsp3) is 0.500. The minimum atomic E-state index is -3.36. The summed E-state index contributed by atoms with van der Waals surface area (Å²) in [5.74, 6) is 0.453. The average molecular weight is 280 g/mol. The van der Waals surface area contributed by atoms with Crippen LogP contribution in [0.4, 0.5) is 5.69 Å². The lowest BCUT2D eigenvalue weighted by atomic mass is 10.2. The second kappa shape index (κ2) is 7.15. The zero-order valence-corrected chi connectivity index (χ0v) is 12.2. The number of hydrogen-bond acceptors (Lipinski definition) is 3. The quantitative estimate of drug-likeness (QED) is 0.771. The molecule has 1 aromatic rings. The molecule has 0 N–H and O–H groups in total. The summed E-state index contributed by atoms with van der Waals surface area (Å²) in [6, 6.07) is 10.9. The minimum Gasteiger partial charge on any atom is -0.269 e. The number of benzene rings is 1. The van der Waals surface area contributed by atoms with E-state index in [1.807, 2.05) is 26.0 Å². The summed E-state index contributed by atoms with van der Waals surface area (Å²) in [6.45, 7) is 4.20. The SMILES string of the molecule is CC(C)CCS(=O)(=O)N(CCC#N)c1ccccc1. The summed E-state index contributed by atoms with van der Waals surface area (Å²) in [4.78, 5) is 0. The molecule has 1 rings (SSSR count). The summed E-state index contributed by atoms with van der Waals surface area (Å²) in [5.41, 5.74) is 0.626. The van der Waals surface area contributed by atoms with E-state index in [0.29, 0.717) is 18.0 Å². The van der Waals surface area contributed by atoms with Gasteiger partial charge in [0.2, 0.25) is 10.0 Å². The average Bonchev–Trinajstić information content (AvgIpc) is 2.38. The smallest absolute Gasteiger partial charge is 0.235 e.